The highest BCUT2D eigenvalue weighted by molar-refractivity contribution is 5.94. The molecule has 4 unspecified atom stereocenters. The van der Waals surface area contributed by atoms with Crippen LogP contribution in [0.2, 0.25) is 0 Å². The van der Waals surface area contributed by atoms with Crippen LogP contribution in [0, 0.1) is 5.92 Å². The van der Waals surface area contributed by atoms with E-state index in [-0.39, 0.29) is 37.7 Å². The molecular weight excluding hydrogens is 496 g/mol. The lowest BCUT2D eigenvalue weighted by molar-refractivity contribution is -0.142. The SMILES string of the molecule is CC(C)C(N)C(=O)NC(CCCCN)C(=O)NC(CCCN=C(N)N)C(=O)NC(Cc1cnc[nH]1)C(=O)O. The molecule has 0 fully saturated rings. The summed E-state index contributed by atoms with van der Waals surface area (Å²) in [5, 5.41) is 17.4. The molecule has 214 valence electrons. The van der Waals surface area contributed by atoms with Gasteiger partial charge in [-0.25, -0.2) is 9.78 Å². The fraction of sp³-hybridized carbons (Fsp3) is 0.652. The number of carboxylic acid groups (broad SMARTS) is 1. The van der Waals surface area contributed by atoms with Crippen LogP contribution in [-0.2, 0) is 25.6 Å². The van der Waals surface area contributed by atoms with Crippen LogP contribution in [0.1, 0.15) is 51.6 Å². The molecule has 38 heavy (non-hydrogen) atoms. The number of guanidine groups is 1. The van der Waals surface area contributed by atoms with Gasteiger partial charge in [-0.1, -0.05) is 13.8 Å². The number of nitrogens with zero attached hydrogens (tertiary/aromatic N) is 2. The lowest BCUT2D eigenvalue weighted by Crippen LogP contribution is -2.57. The Morgan fingerprint density at radius 2 is 1.55 bits per heavy atom. The van der Waals surface area contributed by atoms with Crippen LogP contribution in [-0.4, -0.2) is 82.0 Å². The maximum Gasteiger partial charge on any atom is 0.326 e. The zero-order chi connectivity index (χ0) is 28.7. The van der Waals surface area contributed by atoms with Crippen LogP contribution in [0.15, 0.2) is 17.5 Å². The molecule has 0 aliphatic rings. The van der Waals surface area contributed by atoms with E-state index >= 15 is 0 Å². The number of amides is 3. The number of aromatic amines is 1. The van der Waals surface area contributed by atoms with E-state index in [0.717, 1.165) is 0 Å². The monoisotopic (exact) mass is 538 g/mol. The molecule has 0 radical (unpaired) electrons. The van der Waals surface area contributed by atoms with Crippen LogP contribution in [0.5, 0.6) is 0 Å². The number of nitrogens with two attached hydrogens (primary N) is 4. The summed E-state index contributed by atoms with van der Waals surface area (Å²) in [4.78, 5) is 61.2. The van der Waals surface area contributed by atoms with Gasteiger partial charge in [-0.3, -0.25) is 19.4 Å². The first-order chi connectivity index (χ1) is 18.0. The second-order valence-corrected chi connectivity index (χ2v) is 9.31. The topological polar surface area (TPSA) is 270 Å². The van der Waals surface area contributed by atoms with Gasteiger partial charge in [-0.2, -0.15) is 0 Å². The number of aliphatic carboxylic acids is 1. The van der Waals surface area contributed by atoms with Gasteiger partial charge in [-0.15, -0.1) is 0 Å². The molecule has 1 heterocycles. The van der Waals surface area contributed by atoms with Gasteiger partial charge < -0.3 is 49.0 Å². The van der Waals surface area contributed by atoms with Crippen molar-refractivity contribution in [1.82, 2.24) is 25.9 Å². The fourth-order valence-corrected chi connectivity index (χ4v) is 3.47. The average molecular weight is 539 g/mol. The molecule has 1 aromatic rings. The van der Waals surface area contributed by atoms with Crippen molar-refractivity contribution in [3.8, 4) is 0 Å². The Balaban J connectivity index is 3.04. The predicted octanol–water partition coefficient (Wildman–Crippen LogP) is -2.34. The third kappa shape index (κ3) is 12.0. The Labute approximate surface area is 222 Å². The normalized spacial score (nSPS) is 14.1. The van der Waals surface area contributed by atoms with Crippen molar-refractivity contribution in [1.29, 1.82) is 0 Å². The molecule has 0 aromatic carbocycles. The number of hydrogen-bond acceptors (Lipinski definition) is 8. The van der Waals surface area contributed by atoms with E-state index in [0.29, 0.717) is 31.5 Å². The minimum absolute atomic E-state index is 0.0411. The zero-order valence-electron chi connectivity index (χ0n) is 22.0. The Kier molecular flexibility index (Phi) is 14.4. The number of unbranched alkanes of at least 4 members (excludes halogenated alkanes) is 1. The van der Waals surface area contributed by atoms with Crippen molar-refractivity contribution in [3.05, 3.63) is 18.2 Å². The number of carbonyl (C=O) groups is 4. The molecule has 3 amide bonds. The van der Waals surface area contributed by atoms with Gasteiger partial charge in [-0.05, 0) is 44.6 Å². The largest absolute Gasteiger partial charge is 0.480 e. The summed E-state index contributed by atoms with van der Waals surface area (Å²) >= 11 is 0. The van der Waals surface area contributed by atoms with Crippen molar-refractivity contribution >= 4 is 29.7 Å². The summed E-state index contributed by atoms with van der Waals surface area (Å²) < 4.78 is 0. The second-order valence-electron chi connectivity index (χ2n) is 9.31. The molecule has 0 spiro atoms. The number of hydrogen-bond donors (Lipinski definition) is 9. The molecule has 15 nitrogen and oxygen atoms in total. The van der Waals surface area contributed by atoms with Crippen molar-refractivity contribution in [3.63, 3.8) is 0 Å². The Bertz CT molecular complexity index is 918. The van der Waals surface area contributed by atoms with E-state index in [2.05, 4.69) is 30.9 Å². The number of nitrogens with one attached hydrogen (secondary N) is 4. The number of H-pyrrole nitrogens is 1. The molecular formula is C23H42N10O5. The molecule has 4 atom stereocenters. The van der Waals surface area contributed by atoms with Crippen molar-refractivity contribution < 1.29 is 24.3 Å². The van der Waals surface area contributed by atoms with Crippen molar-refractivity contribution in [2.24, 2.45) is 33.8 Å². The number of imidazole rings is 1. The Morgan fingerprint density at radius 3 is 2.05 bits per heavy atom. The van der Waals surface area contributed by atoms with Crippen molar-refractivity contribution in [2.45, 2.75) is 76.5 Å². The average Bonchev–Trinajstić information content (AvgIpc) is 3.37. The van der Waals surface area contributed by atoms with Gasteiger partial charge >= 0.3 is 5.97 Å². The molecule has 0 saturated carbocycles. The summed E-state index contributed by atoms with van der Waals surface area (Å²) in [6, 6.07) is -4.18. The highest BCUT2D eigenvalue weighted by Crippen LogP contribution is 2.07. The number of rotatable bonds is 18. The van der Waals surface area contributed by atoms with Gasteiger partial charge in [0.2, 0.25) is 17.7 Å². The van der Waals surface area contributed by atoms with E-state index < -0.39 is 47.9 Å². The van der Waals surface area contributed by atoms with Crippen LogP contribution in [0.25, 0.3) is 0 Å². The standard InChI is InChI=1S/C23H42N10O5/c1-13(2)18(25)21(36)32-15(6-3-4-8-24)19(34)31-16(7-5-9-29-23(26)27)20(35)33-17(22(37)38)10-14-11-28-12-30-14/h11-13,15-18H,3-10,24-25H2,1-2H3,(H,28,30)(H,31,34)(H,32,36)(H,33,35)(H,37,38)(H4,26,27,29). The van der Waals surface area contributed by atoms with Crippen molar-refractivity contribution in [2.75, 3.05) is 13.1 Å². The van der Waals surface area contributed by atoms with Gasteiger partial charge in [0.05, 0.1) is 12.4 Å². The van der Waals surface area contributed by atoms with Gasteiger partial charge in [0.25, 0.3) is 0 Å². The summed E-state index contributed by atoms with van der Waals surface area (Å²) in [5.74, 6) is -3.33. The van der Waals surface area contributed by atoms with E-state index in [4.69, 9.17) is 22.9 Å². The number of carbonyl (C=O) groups excluding carboxylic acids is 3. The number of aliphatic imine (C=N–C) groups is 1. The summed E-state index contributed by atoms with van der Waals surface area (Å²) in [5.41, 5.74) is 22.7. The van der Waals surface area contributed by atoms with E-state index in [1.54, 1.807) is 13.8 Å². The van der Waals surface area contributed by atoms with Gasteiger partial charge in [0, 0.05) is 24.9 Å². The van der Waals surface area contributed by atoms with Crippen LogP contribution < -0.4 is 38.9 Å². The molecule has 0 aliphatic heterocycles. The minimum atomic E-state index is -1.27. The van der Waals surface area contributed by atoms with E-state index in [1.807, 2.05) is 0 Å². The quantitative estimate of drug-likeness (QED) is 0.0545. The fourth-order valence-electron chi connectivity index (χ4n) is 3.47. The van der Waals surface area contributed by atoms with E-state index in [1.165, 1.54) is 12.5 Å². The summed E-state index contributed by atoms with van der Waals surface area (Å²) in [6.45, 7) is 4.18. The molecule has 1 rings (SSSR count). The molecule has 0 aliphatic carbocycles. The molecule has 13 N–H and O–H groups in total. The number of carboxylic acids is 1. The van der Waals surface area contributed by atoms with Crippen LogP contribution in [0.3, 0.4) is 0 Å². The van der Waals surface area contributed by atoms with Crippen LogP contribution >= 0.6 is 0 Å². The molecule has 0 saturated heterocycles. The first kappa shape index (κ1) is 32.3. The molecule has 15 heteroatoms. The van der Waals surface area contributed by atoms with E-state index in [9.17, 15) is 24.3 Å². The van der Waals surface area contributed by atoms with Crippen LogP contribution in [0.4, 0.5) is 0 Å². The zero-order valence-corrected chi connectivity index (χ0v) is 22.0. The number of aromatic nitrogens is 2. The molecule has 1 aromatic heterocycles. The third-order valence-electron chi connectivity index (χ3n) is 5.77. The third-order valence-corrected chi connectivity index (χ3v) is 5.77. The smallest absolute Gasteiger partial charge is 0.326 e. The lowest BCUT2D eigenvalue weighted by Gasteiger charge is -2.26. The summed E-state index contributed by atoms with van der Waals surface area (Å²) in [6.07, 6.45) is 4.70. The highest BCUT2D eigenvalue weighted by atomic mass is 16.4. The maximum absolute atomic E-state index is 13.2. The Morgan fingerprint density at radius 1 is 0.974 bits per heavy atom. The first-order valence-electron chi connectivity index (χ1n) is 12.6. The minimum Gasteiger partial charge on any atom is -0.480 e. The summed E-state index contributed by atoms with van der Waals surface area (Å²) in [7, 11) is 0. The maximum atomic E-state index is 13.2. The van der Waals surface area contributed by atoms with Gasteiger partial charge in [0.15, 0.2) is 5.96 Å². The first-order valence-corrected chi connectivity index (χ1v) is 12.6. The van der Waals surface area contributed by atoms with Gasteiger partial charge in [0.1, 0.15) is 18.1 Å². The second kappa shape index (κ2) is 16.9. The predicted molar refractivity (Wildman–Crippen MR) is 141 cm³/mol. The lowest BCUT2D eigenvalue weighted by atomic mass is 10.0. The highest BCUT2D eigenvalue weighted by Gasteiger charge is 2.30. The Hall–Kier alpha value is -3.72. The molecule has 0 bridgehead atoms.